The normalized spacial score (nSPS) is 18.1. The van der Waals surface area contributed by atoms with Crippen LogP contribution in [0.2, 0.25) is 0 Å². The summed E-state index contributed by atoms with van der Waals surface area (Å²) in [5, 5.41) is 4.07. The molecule has 31 heavy (non-hydrogen) atoms. The Bertz CT molecular complexity index is 1190. The van der Waals surface area contributed by atoms with E-state index in [1.165, 1.54) is 0 Å². The number of ether oxygens (including phenoxy) is 1. The van der Waals surface area contributed by atoms with Crippen molar-refractivity contribution in [1.82, 2.24) is 10.3 Å². The first-order chi connectivity index (χ1) is 15.2. The van der Waals surface area contributed by atoms with Crippen molar-refractivity contribution in [2.75, 3.05) is 12.0 Å². The molecule has 1 N–H and O–H groups in total. The largest absolute Gasteiger partial charge is 0.497 e. The molecule has 1 aliphatic rings. The summed E-state index contributed by atoms with van der Waals surface area (Å²) < 4.78 is 11.8. The van der Waals surface area contributed by atoms with E-state index in [9.17, 15) is 0 Å². The van der Waals surface area contributed by atoms with E-state index in [-0.39, 0.29) is 12.1 Å². The lowest BCUT2D eigenvalue weighted by molar-refractivity contribution is 0.414. The Labute approximate surface area is 186 Å². The number of furan rings is 1. The van der Waals surface area contributed by atoms with E-state index < -0.39 is 0 Å². The van der Waals surface area contributed by atoms with Crippen LogP contribution < -0.4 is 15.0 Å². The van der Waals surface area contributed by atoms with Gasteiger partial charge < -0.3 is 19.4 Å². The highest BCUT2D eigenvalue weighted by molar-refractivity contribution is 7.80. The van der Waals surface area contributed by atoms with Crippen LogP contribution in [0.25, 0.3) is 11.3 Å². The molecule has 1 saturated heterocycles. The monoisotopic (exact) mass is 427 g/mol. The van der Waals surface area contributed by atoms with Gasteiger partial charge in [-0.25, -0.2) is 0 Å². The Hall–Kier alpha value is -3.64. The van der Waals surface area contributed by atoms with E-state index >= 15 is 0 Å². The van der Waals surface area contributed by atoms with Crippen LogP contribution in [0.4, 0.5) is 5.69 Å². The smallest absolute Gasteiger partial charge is 0.174 e. The zero-order chi connectivity index (χ0) is 21.2. The van der Waals surface area contributed by atoms with Gasteiger partial charge in [0.25, 0.3) is 0 Å². The molecule has 2 atom stereocenters. The first-order valence-electron chi connectivity index (χ1n) is 10.0. The van der Waals surface area contributed by atoms with Gasteiger partial charge in [-0.3, -0.25) is 4.98 Å². The number of hydrogen-bond acceptors (Lipinski definition) is 4. The zero-order valence-electron chi connectivity index (χ0n) is 16.9. The molecule has 4 aromatic rings. The van der Waals surface area contributed by atoms with Crippen LogP contribution >= 0.6 is 12.2 Å². The van der Waals surface area contributed by atoms with Gasteiger partial charge in [-0.2, -0.15) is 0 Å². The van der Waals surface area contributed by atoms with Crippen LogP contribution in [0.3, 0.4) is 0 Å². The molecule has 0 unspecified atom stereocenters. The van der Waals surface area contributed by atoms with Gasteiger partial charge in [0.15, 0.2) is 5.11 Å². The second-order valence-corrected chi connectivity index (χ2v) is 7.65. The van der Waals surface area contributed by atoms with Crippen molar-refractivity contribution in [2.24, 2.45) is 0 Å². The number of nitrogens with one attached hydrogen (secondary N) is 1. The summed E-state index contributed by atoms with van der Waals surface area (Å²) in [6.45, 7) is 0. The van der Waals surface area contributed by atoms with Crippen LogP contribution in [0.15, 0.2) is 95.5 Å². The number of nitrogens with zero attached hydrogens (tertiary/aromatic N) is 2. The molecule has 6 heteroatoms. The molecule has 0 aliphatic carbocycles. The minimum atomic E-state index is -0.202. The van der Waals surface area contributed by atoms with Crippen LogP contribution in [0.5, 0.6) is 5.75 Å². The van der Waals surface area contributed by atoms with E-state index in [4.69, 9.17) is 21.4 Å². The summed E-state index contributed by atoms with van der Waals surface area (Å²) in [5.41, 5.74) is 2.86. The van der Waals surface area contributed by atoms with E-state index in [0.717, 1.165) is 34.2 Å². The Balaban J connectivity index is 1.61. The van der Waals surface area contributed by atoms with Crippen molar-refractivity contribution < 1.29 is 9.15 Å². The number of aromatic nitrogens is 1. The fourth-order valence-corrected chi connectivity index (χ4v) is 4.30. The fourth-order valence-electron chi connectivity index (χ4n) is 3.95. The summed E-state index contributed by atoms with van der Waals surface area (Å²) >= 11 is 5.76. The highest BCUT2D eigenvalue weighted by Gasteiger charge is 2.42. The fraction of sp³-hybridized carbons (Fsp3) is 0.120. The van der Waals surface area contributed by atoms with Crippen LogP contribution in [-0.2, 0) is 0 Å². The number of benzene rings is 2. The van der Waals surface area contributed by atoms with E-state index in [0.29, 0.717) is 5.11 Å². The van der Waals surface area contributed by atoms with Gasteiger partial charge in [0, 0.05) is 23.5 Å². The standard InChI is InChI=1S/C25H21N3O2S/c1-29-19-11-7-10-18(16-19)28-24(23(27-25(28)31)20-12-5-6-15-26-20)22-14-13-21(30-22)17-8-3-2-4-9-17/h2-16,23-24H,1H3,(H,27,31)/t23-,24-/m0/s1. The molecule has 5 rings (SSSR count). The molecule has 154 valence electrons. The van der Waals surface area contributed by atoms with Crippen molar-refractivity contribution in [2.45, 2.75) is 12.1 Å². The minimum absolute atomic E-state index is 0.158. The number of hydrogen-bond donors (Lipinski definition) is 1. The van der Waals surface area contributed by atoms with Crippen molar-refractivity contribution in [3.63, 3.8) is 0 Å². The Morgan fingerprint density at radius 3 is 2.58 bits per heavy atom. The molecule has 0 spiro atoms. The van der Waals surface area contributed by atoms with Crippen molar-refractivity contribution in [3.8, 4) is 17.1 Å². The molecule has 0 saturated carbocycles. The maximum atomic E-state index is 6.36. The third-order valence-electron chi connectivity index (χ3n) is 5.41. The average Bonchev–Trinajstić information content (AvgIpc) is 3.45. The maximum absolute atomic E-state index is 6.36. The third kappa shape index (κ3) is 3.66. The molecule has 5 nitrogen and oxygen atoms in total. The van der Waals surface area contributed by atoms with Crippen LogP contribution in [0, 0.1) is 0 Å². The molecule has 0 bridgehead atoms. The van der Waals surface area contributed by atoms with Gasteiger partial charge in [-0.1, -0.05) is 42.5 Å². The number of pyridine rings is 1. The van der Waals surface area contributed by atoms with E-state index in [1.807, 2.05) is 84.9 Å². The molecule has 2 aromatic heterocycles. The third-order valence-corrected chi connectivity index (χ3v) is 5.72. The van der Waals surface area contributed by atoms with Crippen LogP contribution in [0.1, 0.15) is 23.5 Å². The molecule has 3 heterocycles. The van der Waals surface area contributed by atoms with Crippen molar-refractivity contribution in [3.05, 3.63) is 103 Å². The zero-order valence-corrected chi connectivity index (χ0v) is 17.8. The Morgan fingerprint density at radius 1 is 0.968 bits per heavy atom. The number of methoxy groups -OCH3 is 1. The predicted octanol–water partition coefficient (Wildman–Crippen LogP) is 5.53. The minimum Gasteiger partial charge on any atom is -0.497 e. The van der Waals surface area contributed by atoms with Gasteiger partial charge in [0.05, 0.1) is 18.8 Å². The summed E-state index contributed by atoms with van der Waals surface area (Å²) in [6.07, 6.45) is 1.79. The summed E-state index contributed by atoms with van der Waals surface area (Å²) in [6, 6.07) is 27.5. The highest BCUT2D eigenvalue weighted by atomic mass is 32.1. The SMILES string of the molecule is COc1cccc(N2C(=S)N[C@@H](c3ccccn3)[C@@H]2c2ccc(-c3ccccc3)o2)c1. The lowest BCUT2D eigenvalue weighted by Crippen LogP contribution is -2.29. The van der Waals surface area contributed by atoms with Gasteiger partial charge in [-0.05, 0) is 48.6 Å². The van der Waals surface area contributed by atoms with Crippen LogP contribution in [-0.4, -0.2) is 17.2 Å². The molecular formula is C25H21N3O2S. The van der Waals surface area contributed by atoms with Gasteiger partial charge >= 0.3 is 0 Å². The van der Waals surface area contributed by atoms with E-state index in [2.05, 4.69) is 15.2 Å². The lowest BCUT2D eigenvalue weighted by atomic mass is 10.0. The molecule has 0 amide bonds. The maximum Gasteiger partial charge on any atom is 0.174 e. The summed E-state index contributed by atoms with van der Waals surface area (Å²) in [5.74, 6) is 2.40. The number of anilines is 1. The van der Waals surface area contributed by atoms with Gasteiger partial charge in [-0.15, -0.1) is 0 Å². The molecule has 0 radical (unpaired) electrons. The predicted molar refractivity (Wildman–Crippen MR) is 125 cm³/mol. The van der Waals surface area contributed by atoms with Crippen molar-refractivity contribution >= 4 is 23.0 Å². The van der Waals surface area contributed by atoms with Gasteiger partial charge in [0.2, 0.25) is 0 Å². The Morgan fingerprint density at radius 2 is 1.81 bits per heavy atom. The molecular weight excluding hydrogens is 406 g/mol. The first kappa shape index (κ1) is 19.3. The average molecular weight is 428 g/mol. The lowest BCUT2D eigenvalue weighted by Gasteiger charge is -2.26. The van der Waals surface area contributed by atoms with Gasteiger partial charge in [0.1, 0.15) is 23.3 Å². The molecule has 2 aromatic carbocycles. The second kappa shape index (κ2) is 8.24. The number of thiocarbonyl (C=S) groups is 1. The van der Waals surface area contributed by atoms with E-state index in [1.54, 1.807) is 13.3 Å². The summed E-state index contributed by atoms with van der Waals surface area (Å²) in [4.78, 5) is 6.66. The highest BCUT2D eigenvalue weighted by Crippen LogP contribution is 2.43. The quantitative estimate of drug-likeness (QED) is 0.423. The Kier molecular flexibility index (Phi) is 5.14. The summed E-state index contributed by atoms with van der Waals surface area (Å²) in [7, 11) is 1.66. The second-order valence-electron chi connectivity index (χ2n) is 7.27. The van der Waals surface area contributed by atoms with Crippen molar-refractivity contribution in [1.29, 1.82) is 0 Å². The molecule has 1 fully saturated rings. The first-order valence-corrected chi connectivity index (χ1v) is 10.5. The molecule has 1 aliphatic heterocycles. The topological polar surface area (TPSA) is 50.5 Å². The number of rotatable bonds is 5.